The predicted molar refractivity (Wildman–Crippen MR) is 73.1 cm³/mol. The first kappa shape index (κ1) is 14.4. The van der Waals surface area contributed by atoms with Crippen LogP contribution in [0.2, 0.25) is 0 Å². The molecule has 1 aliphatic carbocycles. The molecule has 0 aliphatic heterocycles. The number of carboxylic acid groups (broad SMARTS) is 1. The van der Waals surface area contributed by atoms with E-state index in [2.05, 4.69) is 5.32 Å². The Hall–Kier alpha value is -2.04. The Morgan fingerprint density at radius 3 is 2.60 bits per heavy atom. The Kier molecular flexibility index (Phi) is 4.98. The van der Waals surface area contributed by atoms with E-state index >= 15 is 0 Å². The SMILES string of the molecule is O=C(NCC(CC1CC1)C(=O)O)OCc1ccccc1. The molecule has 2 rings (SSSR count). The third-order valence-electron chi connectivity index (χ3n) is 3.37. The maximum absolute atomic E-state index is 11.5. The van der Waals surface area contributed by atoms with Crippen LogP contribution in [0.4, 0.5) is 4.79 Å². The van der Waals surface area contributed by atoms with E-state index in [1.54, 1.807) is 0 Å². The Morgan fingerprint density at radius 2 is 2.00 bits per heavy atom. The number of hydrogen-bond acceptors (Lipinski definition) is 3. The van der Waals surface area contributed by atoms with Gasteiger partial charge in [-0.25, -0.2) is 4.79 Å². The van der Waals surface area contributed by atoms with Crippen LogP contribution in [0.25, 0.3) is 0 Å². The number of hydrogen-bond donors (Lipinski definition) is 2. The first-order valence-corrected chi connectivity index (χ1v) is 6.82. The Bertz CT molecular complexity index is 456. The molecule has 0 bridgehead atoms. The van der Waals surface area contributed by atoms with Gasteiger partial charge in [0.25, 0.3) is 0 Å². The molecule has 2 N–H and O–H groups in total. The standard InChI is InChI=1S/C15H19NO4/c17-14(18)13(8-11-6-7-11)9-16-15(19)20-10-12-4-2-1-3-5-12/h1-5,11,13H,6-10H2,(H,16,19)(H,17,18). The molecule has 1 aromatic rings. The summed E-state index contributed by atoms with van der Waals surface area (Å²) in [5.74, 6) is -0.870. The fourth-order valence-corrected chi connectivity index (χ4v) is 2.01. The van der Waals surface area contributed by atoms with Gasteiger partial charge in [-0.2, -0.15) is 0 Å². The summed E-state index contributed by atoms with van der Waals surface area (Å²) in [6, 6.07) is 9.35. The zero-order chi connectivity index (χ0) is 14.4. The second-order valence-corrected chi connectivity index (χ2v) is 5.16. The van der Waals surface area contributed by atoms with Crippen LogP contribution in [0.5, 0.6) is 0 Å². The highest BCUT2D eigenvalue weighted by Crippen LogP contribution is 2.35. The molecule has 1 aromatic carbocycles. The van der Waals surface area contributed by atoms with Gasteiger partial charge in [0.1, 0.15) is 6.61 Å². The summed E-state index contributed by atoms with van der Waals surface area (Å²) in [5, 5.41) is 11.6. The van der Waals surface area contributed by atoms with Crippen LogP contribution in [0.3, 0.4) is 0 Å². The molecule has 5 heteroatoms. The molecule has 0 radical (unpaired) electrons. The van der Waals surface area contributed by atoms with Crippen molar-refractivity contribution in [2.75, 3.05) is 6.54 Å². The van der Waals surface area contributed by atoms with Crippen LogP contribution in [-0.2, 0) is 16.1 Å². The summed E-state index contributed by atoms with van der Waals surface area (Å²) in [6.07, 6.45) is 2.26. The fourth-order valence-electron chi connectivity index (χ4n) is 2.01. The van der Waals surface area contributed by atoms with Gasteiger partial charge < -0.3 is 15.2 Å². The van der Waals surface area contributed by atoms with Crippen LogP contribution < -0.4 is 5.32 Å². The number of alkyl carbamates (subject to hydrolysis) is 1. The maximum Gasteiger partial charge on any atom is 0.407 e. The molecule has 1 amide bonds. The van der Waals surface area contributed by atoms with E-state index in [1.807, 2.05) is 30.3 Å². The minimum absolute atomic E-state index is 0.124. The zero-order valence-corrected chi connectivity index (χ0v) is 11.2. The number of rotatable bonds is 7. The van der Waals surface area contributed by atoms with E-state index in [0.717, 1.165) is 18.4 Å². The Balaban J connectivity index is 1.69. The number of aliphatic carboxylic acids is 1. The lowest BCUT2D eigenvalue weighted by molar-refractivity contribution is -0.141. The molecular formula is C15H19NO4. The van der Waals surface area contributed by atoms with Gasteiger partial charge in [-0.05, 0) is 17.9 Å². The number of benzene rings is 1. The highest BCUT2D eigenvalue weighted by atomic mass is 16.5. The van der Waals surface area contributed by atoms with Gasteiger partial charge in [-0.15, -0.1) is 0 Å². The largest absolute Gasteiger partial charge is 0.481 e. The normalized spacial score (nSPS) is 15.4. The first-order valence-electron chi connectivity index (χ1n) is 6.82. The zero-order valence-electron chi connectivity index (χ0n) is 11.2. The van der Waals surface area contributed by atoms with E-state index in [-0.39, 0.29) is 13.2 Å². The highest BCUT2D eigenvalue weighted by molar-refractivity contribution is 5.72. The van der Waals surface area contributed by atoms with Crippen molar-refractivity contribution < 1.29 is 19.4 Å². The van der Waals surface area contributed by atoms with Crippen LogP contribution >= 0.6 is 0 Å². The quantitative estimate of drug-likeness (QED) is 0.802. The van der Waals surface area contributed by atoms with E-state index in [9.17, 15) is 9.59 Å². The molecule has 0 heterocycles. The van der Waals surface area contributed by atoms with Crippen LogP contribution in [-0.4, -0.2) is 23.7 Å². The summed E-state index contributed by atoms with van der Waals surface area (Å²) in [6.45, 7) is 0.312. The fraction of sp³-hybridized carbons (Fsp3) is 0.467. The van der Waals surface area contributed by atoms with Gasteiger partial charge in [0, 0.05) is 6.54 Å². The smallest absolute Gasteiger partial charge is 0.407 e. The minimum atomic E-state index is -0.861. The van der Waals surface area contributed by atoms with Crippen LogP contribution in [0.1, 0.15) is 24.8 Å². The molecular weight excluding hydrogens is 258 g/mol. The molecule has 0 aromatic heterocycles. The van der Waals surface area contributed by atoms with Gasteiger partial charge in [-0.3, -0.25) is 4.79 Å². The van der Waals surface area contributed by atoms with Crippen molar-refractivity contribution in [2.24, 2.45) is 11.8 Å². The molecule has 0 spiro atoms. The first-order chi connectivity index (χ1) is 9.65. The van der Waals surface area contributed by atoms with Crippen molar-refractivity contribution in [3.05, 3.63) is 35.9 Å². The molecule has 1 unspecified atom stereocenters. The summed E-state index contributed by atoms with van der Waals surface area (Å²) in [7, 11) is 0. The molecule has 5 nitrogen and oxygen atoms in total. The molecule has 20 heavy (non-hydrogen) atoms. The second kappa shape index (κ2) is 6.93. The molecule has 1 atom stereocenters. The van der Waals surface area contributed by atoms with Crippen LogP contribution in [0.15, 0.2) is 30.3 Å². The van der Waals surface area contributed by atoms with Gasteiger partial charge in [-0.1, -0.05) is 43.2 Å². The number of carbonyl (C=O) groups is 2. The third kappa shape index (κ3) is 4.91. The van der Waals surface area contributed by atoms with Gasteiger partial charge in [0.05, 0.1) is 5.92 Å². The third-order valence-corrected chi connectivity index (χ3v) is 3.37. The Labute approximate surface area is 117 Å². The lowest BCUT2D eigenvalue weighted by Gasteiger charge is -2.13. The summed E-state index contributed by atoms with van der Waals surface area (Å²) >= 11 is 0. The monoisotopic (exact) mass is 277 g/mol. The number of carbonyl (C=O) groups excluding carboxylic acids is 1. The maximum atomic E-state index is 11.5. The number of amides is 1. The van der Waals surface area contributed by atoms with Crippen molar-refractivity contribution in [3.8, 4) is 0 Å². The molecule has 1 fully saturated rings. The van der Waals surface area contributed by atoms with Crippen molar-refractivity contribution in [1.29, 1.82) is 0 Å². The van der Waals surface area contributed by atoms with Gasteiger partial charge >= 0.3 is 12.1 Å². The predicted octanol–water partition coefficient (Wildman–Crippen LogP) is 2.41. The number of nitrogens with one attached hydrogen (secondary N) is 1. The van der Waals surface area contributed by atoms with E-state index in [1.165, 1.54) is 0 Å². The van der Waals surface area contributed by atoms with Crippen molar-refractivity contribution in [3.63, 3.8) is 0 Å². The van der Waals surface area contributed by atoms with Crippen LogP contribution in [0, 0.1) is 11.8 Å². The summed E-state index contributed by atoms with van der Waals surface area (Å²) < 4.78 is 5.04. The molecule has 1 aliphatic rings. The second-order valence-electron chi connectivity index (χ2n) is 5.16. The summed E-state index contributed by atoms with van der Waals surface area (Å²) in [4.78, 5) is 22.6. The van der Waals surface area contributed by atoms with Crippen molar-refractivity contribution in [1.82, 2.24) is 5.32 Å². The average Bonchev–Trinajstić information content (AvgIpc) is 3.26. The lowest BCUT2D eigenvalue weighted by Crippen LogP contribution is -2.33. The lowest BCUT2D eigenvalue weighted by atomic mass is 10.0. The van der Waals surface area contributed by atoms with E-state index < -0.39 is 18.0 Å². The summed E-state index contributed by atoms with van der Waals surface area (Å²) in [5.41, 5.74) is 0.899. The molecule has 108 valence electrons. The number of ether oxygens (including phenoxy) is 1. The van der Waals surface area contributed by atoms with Gasteiger partial charge in [0.15, 0.2) is 0 Å². The average molecular weight is 277 g/mol. The molecule has 0 saturated heterocycles. The molecule has 1 saturated carbocycles. The Morgan fingerprint density at radius 1 is 1.30 bits per heavy atom. The van der Waals surface area contributed by atoms with E-state index in [4.69, 9.17) is 9.84 Å². The topological polar surface area (TPSA) is 75.6 Å². The minimum Gasteiger partial charge on any atom is -0.481 e. The number of carboxylic acids is 1. The van der Waals surface area contributed by atoms with E-state index in [0.29, 0.717) is 12.3 Å². The van der Waals surface area contributed by atoms with Crippen molar-refractivity contribution in [2.45, 2.75) is 25.9 Å². The highest BCUT2D eigenvalue weighted by Gasteiger charge is 2.29. The van der Waals surface area contributed by atoms with Crippen molar-refractivity contribution >= 4 is 12.1 Å². The van der Waals surface area contributed by atoms with Gasteiger partial charge in [0.2, 0.25) is 0 Å².